The van der Waals surface area contributed by atoms with Crippen LogP contribution >= 0.6 is 0 Å². The van der Waals surface area contributed by atoms with Crippen LogP contribution < -0.4 is 5.73 Å². The molecule has 0 spiro atoms. The average molecular weight is 297 g/mol. The van der Waals surface area contributed by atoms with Gasteiger partial charge in [-0.1, -0.05) is 18.2 Å². The van der Waals surface area contributed by atoms with Crippen molar-refractivity contribution in [3.63, 3.8) is 0 Å². The predicted molar refractivity (Wildman–Crippen MR) is 73.2 cm³/mol. The van der Waals surface area contributed by atoms with Crippen molar-refractivity contribution in [2.45, 2.75) is 25.6 Å². The van der Waals surface area contributed by atoms with E-state index >= 15 is 0 Å². The Hall–Kier alpha value is -1.88. The quantitative estimate of drug-likeness (QED) is 0.835. The van der Waals surface area contributed by atoms with Crippen LogP contribution in [0.25, 0.3) is 0 Å². The minimum absolute atomic E-state index is 0.320. The molecule has 1 atom stereocenters. The molecule has 1 nitrogen and oxygen atoms in total. The van der Waals surface area contributed by atoms with Gasteiger partial charge >= 0.3 is 6.18 Å². The minimum Gasteiger partial charge on any atom is -0.324 e. The third-order valence-electron chi connectivity index (χ3n) is 3.41. The van der Waals surface area contributed by atoms with E-state index in [1.807, 2.05) is 0 Å². The molecular weight excluding hydrogens is 282 g/mol. The lowest BCUT2D eigenvalue weighted by atomic mass is 9.96. The van der Waals surface area contributed by atoms with Crippen LogP contribution in [0.2, 0.25) is 0 Å². The predicted octanol–water partition coefficient (Wildman–Crippen LogP) is 4.40. The Kier molecular flexibility index (Phi) is 4.32. The maximum Gasteiger partial charge on any atom is 0.416 e. The summed E-state index contributed by atoms with van der Waals surface area (Å²) in [5.74, 6) is -0.320. The molecule has 0 aliphatic heterocycles. The largest absolute Gasteiger partial charge is 0.416 e. The van der Waals surface area contributed by atoms with E-state index in [2.05, 4.69) is 0 Å². The molecule has 1 unspecified atom stereocenters. The lowest BCUT2D eigenvalue weighted by Gasteiger charge is -2.15. The van der Waals surface area contributed by atoms with Crippen molar-refractivity contribution in [3.05, 3.63) is 70.5 Å². The Balaban J connectivity index is 2.15. The van der Waals surface area contributed by atoms with Crippen LogP contribution in [-0.4, -0.2) is 0 Å². The van der Waals surface area contributed by atoms with Gasteiger partial charge in [-0.05, 0) is 54.3 Å². The normalized spacial score (nSPS) is 13.2. The van der Waals surface area contributed by atoms with Crippen molar-refractivity contribution >= 4 is 0 Å². The SMILES string of the molecule is Cc1cc(F)ccc1CC(N)c1ccc(C(F)(F)F)cc1. The van der Waals surface area contributed by atoms with Crippen LogP contribution in [-0.2, 0) is 12.6 Å². The molecule has 0 aliphatic carbocycles. The summed E-state index contributed by atoms with van der Waals surface area (Å²) >= 11 is 0. The van der Waals surface area contributed by atoms with Crippen molar-refractivity contribution in [2.24, 2.45) is 5.73 Å². The summed E-state index contributed by atoms with van der Waals surface area (Å²) in [7, 11) is 0. The van der Waals surface area contributed by atoms with E-state index in [9.17, 15) is 17.6 Å². The molecule has 2 aromatic rings. The summed E-state index contributed by atoms with van der Waals surface area (Å²) in [4.78, 5) is 0. The molecule has 0 saturated carbocycles. The molecule has 2 N–H and O–H groups in total. The molecule has 0 radical (unpaired) electrons. The van der Waals surface area contributed by atoms with Gasteiger partial charge in [0.15, 0.2) is 0 Å². The van der Waals surface area contributed by atoms with Crippen LogP contribution in [0.3, 0.4) is 0 Å². The fourth-order valence-electron chi connectivity index (χ4n) is 2.16. The van der Waals surface area contributed by atoms with Crippen molar-refractivity contribution in [1.29, 1.82) is 0 Å². The van der Waals surface area contributed by atoms with E-state index in [0.29, 0.717) is 12.0 Å². The molecule has 0 aliphatic rings. The average Bonchev–Trinajstić information content (AvgIpc) is 2.41. The lowest BCUT2D eigenvalue weighted by Crippen LogP contribution is -2.14. The minimum atomic E-state index is -4.35. The first-order valence-electron chi connectivity index (χ1n) is 6.45. The molecule has 0 saturated heterocycles. The van der Waals surface area contributed by atoms with Gasteiger partial charge in [0.1, 0.15) is 5.82 Å². The van der Waals surface area contributed by atoms with Gasteiger partial charge in [0.2, 0.25) is 0 Å². The summed E-state index contributed by atoms with van der Waals surface area (Å²) in [5.41, 5.74) is 7.59. The summed E-state index contributed by atoms with van der Waals surface area (Å²) in [6, 6.07) is 8.78. The second-order valence-electron chi connectivity index (χ2n) is 5.00. The van der Waals surface area contributed by atoms with Crippen molar-refractivity contribution in [3.8, 4) is 0 Å². The van der Waals surface area contributed by atoms with E-state index < -0.39 is 17.8 Å². The van der Waals surface area contributed by atoms with E-state index in [4.69, 9.17) is 5.73 Å². The topological polar surface area (TPSA) is 26.0 Å². The summed E-state index contributed by atoms with van der Waals surface area (Å²) in [6.45, 7) is 1.78. The van der Waals surface area contributed by atoms with E-state index in [1.165, 1.54) is 24.3 Å². The number of rotatable bonds is 3. The Morgan fingerprint density at radius 3 is 2.19 bits per heavy atom. The molecule has 0 aromatic heterocycles. The van der Waals surface area contributed by atoms with Crippen LogP contribution in [0.5, 0.6) is 0 Å². The Morgan fingerprint density at radius 1 is 1.05 bits per heavy atom. The molecule has 5 heteroatoms. The first-order valence-corrected chi connectivity index (χ1v) is 6.45. The number of hydrogen-bond donors (Lipinski definition) is 1. The highest BCUT2D eigenvalue weighted by atomic mass is 19.4. The third kappa shape index (κ3) is 3.82. The summed E-state index contributed by atoms with van der Waals surface area (Å²) in [5, 5.41) is 0. The highest BCUT2D eigenvalue weighted by Crippen LogP contribution is 2.30. The van der Waals surface area contributed by atoms with Crippen molar-refractivity contribution < 1.29 is 17.6 Å². The van der Waals surface area contributed by atoms with Gasteiger partial charge in [-0.2, -0.15) is 13.2 Å². The molecule has 112 valence electrons. The highest BCUT2D eigenvalue weighted by molar-refractivity contribution is 5.31. The van der Waals surface area contributed by atoms with Gasteiger partial charge in [-0.3, -0.25) is 0 Å². The van der Waals surface area contributed by atoms with Crippen LogP contribution in [0.15, 0.2) is 42.5 Å². The first kappa shape index (κ1) is 15.5. The van der Waals surface area contributed by atoms with Gasteiger partial charge < -0.3 is 5.73 Å². The summed E-state index contributed by atoms with van der Waals surface area (Å²) in [6.07, 6.45) is -3.91. The number of alkyl halides is 3. The maximum absolute atomic E-state index is 13.0. The molecule has 0 fully saturated rings. The number of nitrogens with two attached hydrogens (primary N) is 1. The molecule has 21 heavy (non-hydrogen) atoms. The van der Waals surface area contributed by atoms with E-state index in [-0.39, 0.29) is 5.82 Å². The zero-order valence-electron chi connectivity index (χ0n) is 11.4. The third-order valence-corrected chi connectivity index (χ3v) is 3.41. The molecule has 0 bridgehead atoms. The molecule has 2 aromatic carbocycles. The number of benzene rings is 2. The molecule has 0 heterocycles. The maximum atomic E-state index is 13.0. The van der Waals surface area contributed by atoms with Gasteiger partial charge in [-0.25, -0.2) is 4.39 Å². The van der Waals surface area contributed by atoms with Crippen molar-refractivity contribution in [2.75, 3.05) is 0 Å². The second-order valence-corrected chi connectivity index (χ2v) is 5.00. The second kappa shape index (κ2) is 5.85. The van der Waals surface area contributed by atoms with E-state index in [1.54, 1.807) is 13.0 Å². The fourth-order valence-corrected chi connectivity index (χ4v) is 2.16. The summed E-state index contributed by atoms with van der Waals surface area (Å²) < 4.78 is 50.5. The monoisotopic (exact) mass is 297 g/mol. The number of hydrogen-bond acceptors (Lipinski definition) is 1. The van der Waals surface area contributed by atoms with E-state index in [0.717, 1.165) is 23.3 Å². The Labute approximate surface area is 120 Å². The van der Waals surface area contributed by atoms with Gasteiger partial charge in [0.05, 0.1) is 5.56 Å². The lowest BCUT2D eigenvalue weighted by molar-refractivity contribution is -0.137. The zero-order chi connectivity index (χ0) is 15.6. The molecule has 0 amide bonds. The standard InChI is InChI=1S/C16H15F4N/c1-10-8-14(17)7-4-12(10)9-15(21)11-2-5-13(6-3-11)16(18,19)20/h2-8,15H,9,21H2,1H3. The van der Waals surface area contributed by atoms with Crippen LogP contribution in [0, 0.1) is 12.7 Å². The highest BCUT2D eigenvalue weighted by Gasteiger charge is 2.30. The van der Waals surface area contributed by atoms with Crippen molar-refractivity contribution in [1.82, 2.24) is 0 Å². The van der Waals surface area contributed by atoms with Gasteiger partial charge in [0, 0.05) is 6.04 Å². The number of halogens is 4. The first-order chi connectivity index (χ1) is 9.77. The number of aryl methyl sites for hydroxylation is 1. The zero-order valence-corrected chi connectivity index (χ0v) is 11.4. The van der Waals surface area contributed by atoms with Gasteiger partial charge in [0.25, 0.3) is 0 Å². The molecule has 2 rings (SSSR count). The fraction of sp³-hybridized carbons (Fsp3) is 0.250. The van der Waals surface area contributed by atoms with Crippen LogP contribution in [0.4, 0.5) is 17.6 Å². The smallest absolute Gasteiger partial charge is 0.324 e. The van der Waals surface area contributed by atoms with Crippen LogP contribution in [0.1, 0.15) is 28.3 Å². The van der Waals surface area contributed by atoms with Gasteiger partial charge in [-0.15, -0.1) is 0 Å². The molecular formula is C16H15F4N. The Bertz CT molecular complexity index is 617. The Morgan fingerprint density at radius 2 is 1.67 bits per heavy atom.